The molecule has 104 valence electrons. The van der Waals surface area contributed by atoms with Crippen molar-refractivity contribution in [3.05, 3.63) is 62.5 Å². The van der Waals surface area contributed by atoms with Crippen molar-refractivity contribution in [3.63, 3.8) is 0 Å². The smallest absolute Gasteiger partial charge is 0.259 e. The molecule has 0 aromatic heterocycles. The Bertz CT molecular complexity index is 649. The number of carbonyl (C=O) groups excluding carboxylic acids is 1. The fraction of sp³-hybridized carbons (Fsp3) is 0.188. The van der Waals surface area contributed by atoms with Crippen molar-refractivity contribution < 1.29 is 9.18 Å². The van der Waals surface area contributed by atoms with E-state index in [0.29, 0.717) is 9.13 Å². The highest BCUT2D eigenvalue weighted by Crippen LogP contribution is 2.22. The normalized spacial score (nSPS) is 10.4. The predicted octanol–water partition coefficient (Wildman–Crippen LogP) is 4.32. The van der Waals surface area contributed by atoms with Gasteiger partial charge in [-0.2, -0.15) is 0 Å². The van der Waals surface area contributed by atoms with E-state index in [-0.39, 0.29) is 11.7 Å². The van der Waals surface area contributed by atoms with Gasteiger partial charge in [-0.1, -0.05) is 6.07 Å². The summed E-state index contributed by atoms with van der Waals surface area (Å²) in [6.07, 6.45) is 0. The van der Waals surface area contributed by atoms with Gasteiger partial charge in [0.25, 0.3) is 5.91 Å². The van der Waals surface area contributed by atoms with Crippen LogP contribution in [0.4, 0.5) is 10.1 Å². The van der Waals surface area contributed by atoms with Crippen molar-refractivity contribution in [2.45, 2.75) is 13.8 Å². The summed E-state index contributed by atoms with van der Waals surface area (Å²) in [5, 5.41) is 0. The molecule has 0 saturated heterocycles. The molecule has 0 heterocycles. The Morgan fingerprint density at radius 1 is 1.10 bits per heavy atom. The van der Waals surface area contributed by atoms with Gasteiger partial charge in [-0.3, -0.25) is 4.79 Å². The van der Waals surface area contributed by atoms with Crippen LogP contribution in [0.15, 0.2) is 36.4 Å². The number of anilines is 1. The number of aryl methyl sites for hydroxylation is 2. The van der Waals surface area contributed by atoms with Gasteiger partial charge in [-0.05, 0) is 77.9 Å². The second kappa shape index (κ2) is 5.91. The van der Waals surface area contributed by atoms with Gasteiger partial charge in [0.1, 0.15) is 5.82 Å². The van der Waals surface area contributed by atoms with E-state index < -0.39 is 0 Å². The lowest BCUT2D eigenvalue weighted by Crippen LogP contribution is -2.27. The molecule has 4 heteroatoms. The monoisotopic (exact) mass is 383 g/mol. The Kier molecular flexibility index (Phi) is 4.42. The zero-order valence-corrected chi connectivity index (χ0v) is 13.7. The third-order valence-corrected chi connectivity index (χ3v) is 3.95. The zero-order chi connectivity index (χ0) is 14.9. The maximum atomic E-state index is 13.1. The van der Waals surface area contributed by atoms with E-state index in [9.17, 15) is 9.18 Å². The molecule has 0 bridgehead atoms. The molecular formula is C16H15FINO. The number of benzene rings is 2. The Labute approximate surface area is 131 Å². The Hall–Kier alpha value is -1.43. The summed E-state index contributed by atoms with van der Waals surface area (Å²) < 4.78 is 13.7. The first kappa shape index (κ1) is 15.0. The van der Waals surface area contributed by atoms with Gasteiger partial charge in [-0.15, -0.1) is 0 Å². The molecule has 2 rings (SSSR count). The molecule has 2 nitrogen and oxygen atoms in total. The van der Waals surface area contributed by atoms with Crippen LogP contribution in [0.5, 0.6) is 0 Å². The van der Waals surface area contributed by atoms with Crippen molar-refractivity contribution in [3.8, 4) is 0 Å². The third kappa shape index (κ3) is 3.17. The van der Waals surface area contributed by atoms with Crippen molar-refractivity contribution in [1.29, 1.82) is 0 Å². The molecule has 2 aromatic rings. The minimum atomic E-state index is -0.333. The van der Waals surface area contributed by atoms with Crippen LogP contribution < -0.4 is 4.90 Å². The van der Waals surface area contributed by atoms with Crippen LogP contribution in [-0.4, -0.2) is 13.0 Å². The molecule has 0 N–H and O–H groups in total. The summed E-state index contributed by atoms with van der Waals surface area (Å²) in [4.78, 5) is 14.1. The second-order valence-corrected chi connectivity index (χ2v) is 6.00. The molecule has 0 radical (unpaired) electrons. The average molecular weight is 383 g/mol. The fourth-order valence-electron chi connectivity index (χ4n) is 2.11. The molecule has 0 unspecified atom stereocenters. The van der Waals surface area contributed by atoms with Crippen LogP contribution in [0.25, 0.3) is 0 Å². The number of hydrogen-bond acceptors (Lipinski definition) is 1. The van der Waals surface area contributed by atoms with Gasteiger partial charge < -0.3 is 4.90 Å². The van der Waals surface area contributed by atoms with Gasteiger partial charge in [0.15, 0.2) is 0 Å². The predicted molar refractivity (Wildman–Crippen MR) is 87.8 cm³/mol. The van der Waals surface area contributed by atoms with Crippen LogP contribution in [0.1, 0.15) is 21.5 Å². The first-order chi connectivity index (χ1) is 9.38. The van der Waals surface area contributed by atoms with E-state index in [1.54, 1.807) is 11.9 Å². The van der Waals surface area contributed by atoms with Gasteiger partial charge in [0.05, 0.1) is 5.56 Å². The molecule has 0 spiro atoms. The molecule has 0 fully saturated rings. The number of carbonyl (C=O) groups is 1. The Morgan fingerprint density at radius 3 is 2.25 bits per heavy atom. The minimum absolute atomic E-state index is 0.139. The molecule has 1 amide bonds. The third-order valence-electron chi connectivity index (χ3n) is 3.06. The van der Waals surface area contributed by atoms with Crippen LogP contribution in [0, 0.1) is 23.2 Å². The molecule has 0 aliphatic rings. The first-order valence-corrected chi connectivity index (χ1v) is 7.28. The first-order valence-electron chi connectivity index (χ1n) is 6.20. The quantitative estimate of drug-likeness (QED) is 0.708. The lowest BCUT2D eigenvalue weighted by Gasteiger charge is -2.19. The van der Waals surface area contributed by atoms with E-state index in [2.05, 4.69) is 6.07 Å². The van der Waals surface area contributed by atoms with E-state index in [1.165, 1.54) is 18.2 Å². The van der Waals surface area contributed by atoms with Crippen LogP contribution in [0.2, 0.25) is 0 Å². The van der Waals surface area contributed by atoms with E-state index in [4.69, 9.17) is 0 Å². The molecular weight excluding hydrogens is 368 g/mol. The summed E-state index contributed by atoms with van der Waals surface area (Å²) in [5.41, 5.74) is 3.56. The highest BCUT2D eigenvalue weighted by atomic mass is 127. The molecule has 20 heavy (non-hydrogen) atoms. The Morgan fingerprint density at radius 2 is 1.70 bits per heavy atom. The van der Waals surface area contributed by atoms with Gasteiger partial charge in [0, 0.05) is 16.3 Å². The van der Waals surface area contributed by atoms with Crippen molar-refractivity contribution in [2.24, 2.45) is 0 Å². The van der Waals surface area contributed by atoms with Crippen molar-refractivity contribution >= 4 is 34.2 Å². The average Bonchev–Trinajstić information content (AvgIpc) is 2.36. The van der Waals surface area contributed by atoms with Crippen molar-refractivity contribution in [1.82, 2.24) is 0 Å². The summed E-state index contributed by atoms with van der Waals surface area (Å²) in [5.74, 6) is -0.473. The maximum Gasteiger partial charge on any atom is 0.259 e. The molecule has 0 atom stereocenters. The van der Waals surface area contributed by atoms with Crippen molar-refractivity contribution in [2.75, 3.05) is 11.9 Å². The van der Waals surface area contributed by atoms with Gasteiger partial charge >= 0.3 is 0 Å². The van der Waals surface area contributed by atoms with Gasteiger partial charge in [0.2, 0.25) is 0 Å². The largest absolute Gasteiger partial charge is 0.311 e. The molecule has 0 aliphatic carbocycles. The second-order valence-electron chi connectivity index (χ2n) is 4.83. The maximum absolute atomic E-state index is 13.1. The van der Waals surface area contributed by atoms with Crippen LogP contribution in [-0.2, 0) is 0 Å². The Balaban J connectivity index is 2.37. The lowest BCUT2D eigenvalue weighted by molar-refractivity contribution is 0.0992. The SMILES string of the molecule is Cc1cc(C)cc(N(C)C(=O)c2ccc(F)cc2I)c1. The zero-order valence-electron chi connectivity index (χ0n) is 11.6. The summed E-state index contributed by atoms with van der Waals surface area (Å²) in [7, 11) is 1.73. The standard InChI is InChI=1S/C16H15FINO/c1-10-6-11(2)8-13(7-10)19(3)16(20)14-5-4-12(17)9-15(14)18/h4-9H,1-3H3. The lowest BCUT2D eigenvalue weighted by atomic mass is 10.1. The van der Waals surface area contributed by atoms with E-state index in [0.717, 1.165) is 16.8 Å². The topological polar surface area (TPSA) is 20.3 Å². The van der Waals surface area contributed by atoms with E-state index >= 15 is 0 Å². The number of amides is 1. The molecule has 0 aliphatic heterocycles. The van der Waals surface area contributed by atoms with Crippen LogP contribution >= 0.6 is 22.6 Å². The van der Waals surface area contributed by atoms with Crippen LogP contribution in [0.3, 0.4) is 0 Å². The summed E-state index contributed by atoms with van der Waals surface area (Å²) in [6.45, 7) is 3.99. The van der Waals surface area contributed by atoms with Gasteiger partial charge in [-0.25, -0.2) is 4.39 Å². The summed E-state index contributed by atoms with van der Waals surface area (Å²) >= 11 is 1.98. The minimum Gasteiger partial charge on any atom is -0.311 e. The fourth-order valence-corrected chi connectivity index (χ4v) is 2.81. The van der Waals surface area contributed by atoms with E-state index in [1.807, 2.05) is 48.6 Å². The molecule has 0 saturated carbocycles. The molecule has 2 aromatic carbocycles. The highest BCUT2D eigenvalue weighted by Gasteiger charge is 2.17. The number of hydrogen-bond donors (Lipinski definition) is 0. The number of nitrogens with zero attached hydrogens (tertiary/aromatic N) is 1. The number of rotatable bonds is 2. The number of halogens is 2. The highest BCUT2D eigenvalue weighted by molar-refractivity contribution is 14.1. The summed E-state index contributed by atoms with van der Waals surface area (Å²) in [6, 6.07) is 10.2.